The molecule has 108 valence electrons. The number of nitrogens with one attached hydrogen (secondary N) is 1. The number of piperidine rings is 1. The molecule has 2 heterocycles. The van der Waals surface area contributed by atoms with Crippen molar-refractivity contribution in [2.45, 2.75) is 19.3 Å². The maximum Gasteiger partial charge on any atom is 0.331 e. The summed E-state index contributed by atoms with van der Waals surface area (Å²) in [6.07, 6.45) is 1.74. The molecule has 2 fully saturated rings. The van der Waals surface area contributed by atoms with Gasteiger partial charge in [0.25, 0.3) is 0 Å². The number of nitrogens with zero attached hydrogens (tertiary/aromatic N) is 2. The Morgan fingerprint density at radius 1 is 1.16 bits per heavy atom. The van der Waals surface area contributed by atoms with Crippen LogP contribution in [0.25, 0.3) is 0 Å². The van der Waals surface area contributed by atoms with E-state index in [9.17, 15) is 9.59 Å². The number of carboxylic acid groups (broad SMARTS) is 1. The van der Waals surface area contributed by atoms with E-state index in [1.54, 1.807) is 4.90 Å². The Kier molecular flexibility index (Phi) is 4.98. The molecule has 0 aromatic rings. The van der Waals surface area contributed by atoms with Gasteiger partial charge in [-0.25, -0.2) is 9.80 Å². The number of ether oxygens (including phenoxy) is 1. The van der Waals surface area contributed by atoms with Crippen LogP contribution in [0.5, 0.6) is 0 Å². The van der Waals surface area contributed by atoms with E-state index in [0.717, 1.165) is 12.8 Å². The standard InChI is InChI=1S/C12H21N3O4/c16-11(17)9-10-1-3-14(4-2-10)12(18)13-15-5-7-19-8-6-15/h10H,1-9H2,(H,13,18)(H,16,17). The van der Waals surface area contributed by atoms with Crippen LogP contribution in [0.15, 0.2) is 0 Å². The number of urea groups is 1. The van der Waals surface area contributed by atoms with Crippen LogP contribution in [-0.2, 0) is 9.53 Å². The van der Waals surface area contributed by atoms with Crippen molar-refractivity contribution in [2.75, 3.05) is 39.4 Å². The third-order valence-electron chi connectivity index (χ3n) is 3.63. The van der Waals surface area contributed by atoms with Crippen LogP contribution in [0, 0.1) is 5.92 Å². The first-order valence-corrected chi connectivity index (χ1v) is 6.75. The van der Waals surface area contributed by atoms with Gasteiger partial charge in [-0.1, -0.05) is 0 Å². The molecule has 2 aliphatic rings. The Balaban J connectivity index is 1.71. The molecule has 0 bridgehead atoms. The smallest absolute Gasteiger partial charge is 0.331 e. The molecular weight excluding hydrogens is 250 g/mol. The predicted molar refractivity (Wildman–Crippen MR) is 67.5 cm³/mol. The zero-order valence-electron chi connectivity index (χ0n) is 11.0. The van der Waals surface area contributed by atoms with E-state index < -0.39 is 5.97 Å². The van der Waals surface area contributed by atoms with Gasteiger partial charge in [0.15, 0.2) is 0 Å². The van der Waals surface area contributed by atoms with Crippen LogP contribution in [0.1, 0.15) is 19.3 Å². The van der Waals surface area contributed by atoms with E-state index in [1.165, 1.54) is 0 Å². The lowest BCUT2D eigenvalue weighted by Gasteiger charge is -2.34. The number of likely N-dealkylation sites (tertiary alicyclic amines) is 1. The Labute approximate surface area is 112 Å². The molecule has 0 saturated carbocycles. The molecule has 0 aromatic carbocycles. The number of hydrogen-bond acceptors (Lipinski definition) is 4. The second-order valence-corrected chi connectivity index (χ2v) is 5.04. The average molecular weight is 271 g/mol. The third kappa shape index (κ3) is 4.36. The van der Waals surface area contributed by atoms with E-state index in [0.29, 0.717) is 39.4 Å². The largest absolute Gasteiger partial charge is 0.481 e. The molecule has 0 radical (unpaired) electrons. The third-order valence-corrected chi connectivity index (χ3v) is 3.63. The minimum Gasteiger partial charge on any atom is -0.481 e. The quantitative estimate of drug-likeness (QED) is 0.762. The summed E-state index contributed by atoms with van der Waals surface area (Å²) in [4.78, 5) is 24.4. The number of rotatable bonds is 3. The first kappa shape index (κ1) is 14.1. The highest BCUT2D eigenvalue weighted by Crippen LogP contribution is 2.20. The van der Waals surface area contributed by atoms with Crippen molar-refractivity contribution in [3.63, 3.8) is 0 Å². The summed E-state index contributed by atoms with van der Waals surface area (Å²) in [5, 5.41) is 10.6. The molecule has 0 spiro atoms. The topological polar surface area (TPSA) is 82.1 Å². The van der Waals surface area contributed by atoms with Crippen LogP contribution in [-0.4, -0.2) is 66.4 Å². The van der Waals surface area contributed by atoms with Gasteiger partial charge in [-0.15, -0.1) is 0 Å². The van der Waals surface area contributed by atoms with Gasteiger partial charge in [0.2, 0.25) is 0 Å². The number of morpholine rings is 1. The van der Waals surface area contributed by atoms with Crippen LogP contribution >= 0.6 is 0 Å². The highest BCUT2D eigenvalue weighted by molar-refractivity contribution is 5.73. The average Bonchev–Trinajstić information content (AvgIpc) is 2.40. The van der Waals surface area contributed by atoms with Gasteiger partial charge < -0.3 is 14.7 Å². The van der Waals surface area contributed by atoms with Crippen molar-refractivity contribution in [3.8, 4) is 0 Å². The van der Waals surface area contributed by atoms with Crippen molar-refractivity contribution in [3.05, 3.63) is 0 Å². The van der Waals surface area contributed by atoms with Gasteiger partial charge >= 0.3 is 12.0 Å². The van der Waals surface area contributed by atoms with Gasteiger partial charge in [0.1, 0.15) is 0 Å². The summed E-state index contributed by atoms with van der Waals surface area (Å²) < 4.78 is 5.22. The summed E-state index contributed by atoms with van der Waals surface area (Å²) in [6, 6.07) is -0.0873. The summed E-state index contributed by atoms with van der Waals surface area (Å²) in [6.45, 7) is 3.96. The summed E-state index contributed by atoms with van der Waals surface area (Å²) in [7, 11) is 0. The number of carbonyl (C=O) groups excluding carboxylic acids is 1. The first-order chi connectivity index (χ1) is 9.15. The van der Waals surface area contributed by atoms with Crippen LogP contribution in [0.4, 0.5) is 4.79 Å². The molecule has 0 aromatic heterocycles. The minimum absolute atomic E-state index is 0.0873. The van der Waals surface area contributed by atoms with Crippen molar-refractivity contribution in [1.82, 2.24) is 15.3 Å². The number of carbonyl (C=O) groups is 2. The van der Waals surface area contributed by atoms with Crippen molar-refractivity contribution >= 4 is 12.0 Å². The molecular formula is C12H21N3O4. The molecule has 7 heteroatoms. The molecule has 19 heavy (non-hydrogen) atoms. The van der Waals surface area contributed by atoms with E-state index >= 15 is 0 Å². The van der Waals surface area contributed by atoms with E-state index in [4.69, 9.17) is 9.84 Å². The molecule has 0 aliphatic carbocycles. The zero-order valence-corrected chi connectivity index (χ0v) is 11.0. The Bertz CT molecular complexity index is 323. The number of aliphatic carboxylic acids is 1. The van der Waals surface area contributed by atoms with Crippen molar-refractivity contribution in [2.24, 2.45) is 5.92 Å². The molecule has 2 aliphatic heterocycles. The molecule has 2 rings (SSSR count). The predicted octanol–water partition coefficient (Wildman–Crippen LogP) is 0.130. The van der Waals surface area contributed by atoms with Crippen LogP contribution < -0.4 is 5.43 Å². The normalized spacial score (nSPS) is 22.2. The molecule has 7 nitrogen and oxygen atoms in total. The fourth-order valence-electron chi connectivity index (χ4n) is 2.47. The number of carboxylic acids is 1. The maximum absolute atomic E-state index is 12.0. The van der Waals surface area contributed by atoms with Crippen LogP contribution in [0.3, 0.4) is 0 Å². The van der Waals surface area contributed by atoms with E-state index in [-0.39, 0.29) is 18.4 Å². The van der Waals surface area contributed by atoms with Crippen LogP contribution in [0.2, 0.25) is 0 Å². The fourth-order valence-corrected chi connectivity index (χ4v) is 2.47. The molecule has 0 atom stereocenters. The van der Waals surface area contributed by atoms with Crippen molar-refractivity contribution < 1.29 is 19.4 Å². The summed E-state index contributed by atoms with van der Waals surface area (Å²) >= 11 is 0. The van der Waals surface area contributed by atoms with Gasteiger partial charge in [0, 0.05) is 32.6 Å². The Morgan fingerprint density at radius 2 is 1.79 bits per heavy atom. The monoisotopic (exact) mass is 271 g/mol. The number of hydrogen-bond donors (Lipinski definition) is 2. The Hall–Kier alpha value is -1.34. The first-order valence-electron chi connectivity index (χ1n) is 6.75. The van der Waals surface area contributed by atoms with Gasteiger partial charge in [-0.2, -0.15) is 0 Å². The lowest BCUT2D eigenvalue weighted by atomic mass is 9.94. The lowest BCUT2D eigenvalue weighted by Crippen LogP contribution is -2.54. The van der Waals surface area contributed by atoms with Crippen molar-refractivity contribution in [1.29, 1.82) is 0 Å². The second-order valence-electron chi connectivity index (χ2n) is 5.04. The molecule has 2 N–H and O–H groups in total. The molecule has 2 saturated heterocycles. The zero-order chi connectivity index (χ0) is 13.7. The fraction of sp³-hybridized carbons (Fsp3) is 0.833. The number of hydrazine groups is 1. The minimum atomic E-state index is -0.754. The SMILES string of the molecule is O=C(O)CC1CCN(C(=O)NN2CCOCC2)CC1. The van der Waals surface area contributed by atoms with Gasteiger partial charge in [-0.3, -0.25) is 10.2 Å². The van der Waals surface area contributed by atoms with E-state index in [2.05, 4.69) is 5.43 Å². The summed E-state index contributed by atoms with van der Waals surface area (Å²) in [5.41, 5.74) is 2.87. The summed E-state index contributed by atoms with van der Waals surface area (Å²) in [5.74, 6) is -0.554. The molecule has 2 amide bonds. The lowest BCUT2D eigenvalue weighted by molar-refractivity contribution is -0.138. The Morgan fingerprint density at radius 3 is 2.37 bits per heavy atom. The van der Waals surface area contributed by atoms with E-state index in [1.807, 2.05) is 5.01 Å². The second kappa shape index (κ2) is 6.72. The highest BCUT2D eigenvalue weighted by Gasteiger charge is 2.25. The molecule has 0 unspecified atom stereocenters. The van der Waals surface area contributed by atoms with Gasteiger partial charge in [0.05, 0.1) is 13.2 Å². The highest BCUT2D eigenvalue weighted by atomic mass is 16.5. The maximum atomic E-state index is 12.0. The van der Waals surface area contributed by atoms with Gasteiger partial charge in [-0.05, 0) is 18.8 Å². The number of amides is 2.